The molecule has 0 saturated carbocycles. The summed E-state index contributed by atoms with van der Waals surface area (Å²) in [5.41, 5.74) is 2.54. The van der Waals surface area contributed by atoms with Gasteiger partial charge in [0, 0.05) is 33.6 Å². The largest absolute Gasteiger partial charge is 0.491 e. The molecule has 8 heteroatoms. The molecule has 2 heterocycles. The molecule has 1 aliphatic rings. The average Bonchev–Trinajstić information content (AvgIpc) is 3.37. The Morgan fingerprint density at radius 3 is 2.73 bits per heavy atom. The molecule has 0 fully saturated rings. The van der Waals surface area contributed by atoms with Crippen molar-refractivity contribution in [3.05, 3.63) is 85.5 Å². The summed E-state index contributed by atoms with van der Waals surface area (Å²) >= 11 is 14.0. The fourth-order valence-electron chi connectivity index (χ4n) is 4.54. The second kappa shape index (κ2) is 12.3. The first-order chi connectivity index (χ1) is 17.8. The van der Waals surface area contributed by atoms with Crippen molar-refractivity contribution in [1.82, 2.24) is 9.80 Å². The molecule has 2 amide bonds. The first-order valence-electron chi connectivity index (χ1n) is 12.6. The maximum absolute atomic E-state index is 13.8. The van der Waals surface area contributed by atoms with Crippen LogP contribution in [0.2, 0.25) is 10.0 Å². The molecule has 0 radical (unpaired) electrons. The lowest BCUT2D eigenvalue weighted by Gasteiger charge is -2.37. The second-order valence-electron chi connectivity index (χ2n) is 9.58. The van der Waals surface area contributed by atoms with Crippen LogP contribution in [0.25, 0.3) is 0 Å². The third-order valence-corrected chi connectivity index (χ3v) is 8.52. The van der Waals surface area contributed by atoms with Crippen molar-refractivity contribution in [1.29, 1.82) is 0 Å². The van der Waals surface area contributed by atoms with Crippen molar-refractivity contribution in [3.63, 3.8) is 0 Å². The fraction of sp³-hybridized carbons (Fsp3) is 0.379. The van der Waals surface area contributed by atoms with E-state index in [1.807, 2.05) is 30.0 Å². The van der Waals surface area contributed by atoms with Gasteiger partial charge in [-0.2, -0.15) is 0 Å². The van der Waals surface area contributed by atoms with Crippen LogP contribution in [0.15, 0.2) is 53.9 Å². The van der Waals surface area contributed by atoms with Gasteiger partial charge in [0.25, 0.3) is 5.91 Å². The van der Waals surface area contributed by atoms with Crippen molar-refractivity contribution in [2.45, 2.75) is 39.7 Å². The highest BCUT2D eigenvalue weighted by molar-refractivity contribution is 7.10. The first kappa shape index (κ1) is 27.5. The Hall–Kier alpha value is -2.54. The van der Waals surface area contributed by atoms with Crippen LogP contribution in [0.4, 0.5) is 0 Å². The lowest BCUT2D eigenvalue weighted by Crippen LogP contribution is -2.48. The zero-order valence-electron chi connectivity index (χ0n) is 21.4. The van der Waals surface area contributed by atoms with E-state index < -0.39 is 0 Å². The lowest BCUT2D eigenvalue weighted by atomic mass is 10.00. The minimum atomic E-state index is -0.231. The van der Waals surface area contributed by atoms with Gasteiger partial charge < -0.3 is 14.5 Å². The van der Waals surface area contributed by atoms with E-state index >= 15 is 0 Å². The van der Waals surface area contributed by atoms with Gasteiger partial charge in [-0.05, 0) is 78.2 Å². The quantitative estimate of drug-likeness (QED) is 0.282. The number of carbonyl (C=O) groups excluding carboxylic acids is 2. The highest BCUT2D eigenvalue weighted by Crippen LogP contribution is 2.34. The van der Waals surface area contributed by atoms with Crippen molar-refractivity contribution < 1.29 is 14.3 Å². The summed E-state index contributed by atoms with van der Waals surface area (Å²) in [6.45, 7) is 7.52. The molecule has 1 aromatic heterocycles. The monoisotopic (exact) mass is 558 g/mol. The van der Waals surface area contributed by atoms with Crippen LogP contribution in [-0.4, -0.2) is 47.9 Å². The van der Waals surface area contributed by atoms with Crippen molar-refractivity contribution in [2.75, 3.05) is 26.2 Å². The van der Waals surface area contributed by atoms with Crippen LogP contribution < -0.4 is 4.74 Å². The number of fused-ring (bicyclic) bond motifs is 1. The number of aryl methyl sites for hydroxylation is 1. The number of carbonyl (C=O) groups is 2. The summed E-state index contributed by atoms with van der Waals surface area (Å²) in [7, 11) is 0. The number of amides is 2. The summed E-state index contributed by atoms with van der Waals surface area (Å²) in [5, 5.41) is 3.25. The van der Waals surface area contributed by atoms with E-state index in [2.05, 4.69) is 25.3 Å². The molecule has 0 bridgehead atoms. The van der Waals surface area contributed by atoms with Crippen LogP contribution >= 0.6 is 34.5 Å². The number of nitrogens with zero attached hydrogens (tertiary/aromatic N) is 2. The van der Waals surface area contributed by atoms with Gasteiger partial charge >= 0.3 is 0 Å². The standard InChI is InChI=1S/C29H32Cl2N2O3S/c1-4-19(2)16-32(29(35)21-6-5-7-22(30)15-21)17-28(34)33-12-10-27-24(11-13-37-27)26(33)18-36-23-8-9-25(31)20(3)14-23/h5-9,11,13-15,19,26H,4,10,12,16-18H2,1-3H3. The van der Waals surface area contributed by atoms with Crippen LogP contribution in [0.3, 0.4) is 0 Å². The highest BCUT2D eigenvalue weighted by atomic mass is 35.5. The number of benzene rings is 2. The number of rotatable bonds is 9. The van der Waals surface area contributed by atoms with Crippen molar-refractivity contribution in [3.8, 4) is 5.75 Å². The Morgan fingerprint density at radius 2 is 2.00 bits per heavy atom. The summed E-state index contributed by atoms with van der Waals surface area (Å²) in [5.74, 6) is 0.699. The third-order valence-electron chi connectivity index (χ3n) is 6.87. The number of hydrogen-bond acceptors (Lipinski definition) is 4. The van der Waals surface area contributed by atoms with E-state index in [-0.39, 0.29) is 30.3 Å². The van der Waals surface area contributed by atoms with E-state index in [0.29, 0.717) is 41.1 Å². The Labute approximate surface area is 232 Å². The van der Waals surface area contributed by atoms with Gasteiger partial charge in [-0.1, -0.05) is 49.5 Å². The molecule has 0 saturated heterocycles. The molecular weight excluding hydrogens is 527 g/mol. The van der Waals surface area contributed by atoms with Gasteiger partial charge in [-0.15, -0.1) is 11.3 Å². The second-order valence-corrected chi connectivity index (χ2v) is 11.4. The third kappa shape index (κ3) is 6.67. The minimum Gasteiger partial charge on any atom is -0.491 e. The van der Waals surface area contributed by atoms with E-state index in [1.165, 1.54) is 4.88 Å². The van der Waals surface area contributed by atoms with Crippen LogP contribution in [0.1, 0.15) is 52.7 Å². The smallest absolute Gasteiger partial charge is 0.254 e. The normalized spacial score (nSPS) is 15.7. The maximum Gasteiger partial charge on any atom is 0.254 e. The molecule has 2 unspecified atom stereocenters. The predicted octanol–water partition coefficient (Wildman–Crippen LogP) is 7.06. The Bertz CT molecular complexity index is 1260. The van der Waals surface area contributed by atoms with E-state index in [0.717, 1.165) is 24.0 Å². The summed E-state index contributed by atoms with van der Waals surface area (Å²) in [6.07, 6.45) is 1.70. The van der Waals surface area contributed by atoms with E-state index in [1.54, 1.807) is 40.5 Å². The van der Waals surface area contributed by atoms with E-state index in [9.17, 15) is 9.59 Å². The minimum absolute atomic E-state index is 0.00566. The van der Waals surface area contributed by atoms with Crippen LogP contribution in [0.5, 0.6) is 5.75 Å². The zero-order chi connectivity index (χ0) is 26.5. The fourth-order valence-corrected chi connectivity index (χ4v) is 5.78. The SMILES string of the molecule is CCC(C)CN(CC(=O)N1CCc2sccc2C1COc1ccc(Cl)c(C)c1)C(=O)c1cccc(Cl)c1. The number of hydrogen-bond donors (Lipinski definition) is 0. The summed E-state index contributed by atoms with van der Waals surface area (Å²) in [4.78, 5) is 32.0. The molecule has 196 valence electrons. The predicted molar refractivity (Wildman–Crippen MR) is 151 cm³/mol. The highest BCUT2D eigenvalue weighted by Gasteiger charge is 2.34. The number of ether oxygens (including phenoxy) is 1. The Kier molecular flexibility index (Phi) is 9.17. The van der Waals surface area contributed by atoms with Crippen LogP contribution in [-0.2, 0) is 11.2 Å². The van der Waals surface area contributed by atoms with Gasteiger partial charge in [0.15, 0.2) is 0 Å². The Balaban J connectivity index is 1.55. The molecule has 2 atom stereocenters. The van der Waals surface area contributed by atoms with Crippen molar-refractivity contribution >= 4 is 46.4 Å². The number of halogens is 2. The maximum atomic E-state index is 13.8. The molecule has 5 nitrogen and oxygen atoms in total. The molecular formula is C29H32Cl2N2O3S. The average molecular weight is 560 g/mol. The van der Waals surface area contributed by atoms with Gasteiger partial charge in [-0.3, -0.25) is 9.59 Å². The summed E-state index contributed by atoms with van der Waals surface area (Å²) in [6, 6.07) is 14.3. The molecule has 0 spiro atoms. The molecule has 37 heavy (non-hydrogen) atoms. The Morgan fingerprint density at radius 1 is 1.19 bits per heavy atom. The molecule has 0 N–H and O–H groups in total. The van der Waals surface area contributed by atoms with Crippen molar-refractivity contribution in [2.24, 2.45) is 5.92 Å². The molecule has 1 aliphatic heterocycles. The summed E-state index contributed by atoms with van der Waals surface area (Å²) < 4.78 is 6.16. The van der Waals surface area contributed by atoms with Gasteiger partial charge in [-0.25, -0.2) is 0 Å². The van der Waals surface area contributed by atoms with Crippen LogP contribution in [0, 0.1) is 12.8 Å². The number of thiophene rings is 1. The lowest BCUT2D eigenvalue weighted by molar-refractivity contribution is -0.135. The van der Waals surface area contributed by atoms with Gasteiger partial charge in [0.2, 0.25) is 5.91 Å². The molecule has 3 aromatic rings. The van der Waals surface area contributed by atoms with Gasteiger partial charge in [0.05, 0.1) is 6.04 Å². The first-order valence-corrected chi connectivity index (χ1v) is 14.2. The molecule has 0 aliphatic carbocycles. The van der Waals surface area contributed by atoms with E-state index in [4.69, 9.17) is 27.9 Å². The molecule has 4 rings (SSSR count). The van der Waals surface area contributed by atoms with Gasteiger partial charge in [0.1, 0.15) is 18.9 Å². The topological polar surface area (TPSA) is 49.9 Å². The zero-order valence-corrected chi connectivity index (χ0v) is 23.7. The molecule has 2 aromatic carbocycles.